The molecule has 4 heteroatoms. The van der Waals surface area contributed by atoms with Crippen LogP contribution in [0.3, 0.4) is 0 Å². The smallest absolute Gasteiger partial charge is 0.416 e. The van der Waals surface area contributed by atoms with E-state index < -0.39 is 11.7 Å². The van der Waals surface area contributed by atoms with Crippen LogP contribution in [0.5, 0.6) is 5.75 Å². The van der Waals surface area contributed by atoms with Crippen LogP contribution in [0.4, 0.5) is 13.2 Å². The minimum absolute atomic E-state index is 0.00110. The lowest BCUT2D eigenvalue weighted by molar-refractivity contribution is -0.137. The third-order valence-electron chi connectivity index (χ3n) is 7.72. The Kier molecular flexibility index (Phi) is 8.93. The minimum Gasteiger partial charge on any atom is -0.497 e. The second-order valence-corrected chi connectivity index (χ2v) is 10.1. The Balaban J connectivity index is 1.79. The number of ether oxygens (including phenoxy) is 1. The number of methoxy groups -OCH3 is 1. The molecule has 0 saturated heterocycles. The van der Waals surface area contributed by atoms with Gasteiger partial charge in [0, 0.05) is 0 Å². The van der Waals surface area contributed by atoms with Gasteiger partial charge in [-0.1, -0.05) is 105 Å². The van der Waals surface area contributed by atoms with Crippen LogP contribution >= 0.6 is 0 Å². The van der Waals surface area contributed by atoms with Gasteiger partial charge in [-0.3, -0.25) is 0 Å². The molecule has 0 aromatic heterocycles. The molecule has 0 fully saturated rings. The first-order valence-electron chi connectivity index (χ1n) is 13.2. The maximum absolute atomic E-state index is 13.8. The van der Waals surface area contributed by atoms with Crippen LogP contribution < -0.4 is 4.74 Å². The van der Waals surface area contributed by atoms with Crippen molar-refractivity contribution in [1.29, 1.82) is 0 Å². The number of hydrogen-bond acceptors (Lipinski definition) is 1. The second-order valence-electron chi connectivity index (χ2n) is 10.1. The molecular weight excluding hydrogens is 481 g/mol. The molecule has 4 atom stereocenters. The highest BCUT2D eigenvalue weighted by Gasteiger charge is 2.35. The van der Waals surface area contributed by atoms with Crippen molar-refractivity contribution in [3.8, 4) is 5.75 Å². The summed E-state index contributed by atoms with van der Waals surface area (Å²) in [7, 11) is 1.64. The van der Waals surface area contributed by atoms with Gasteiger partial charge < -0.3 is 4.74 Å². The highest BCUT2D eigenvalue weighted by Crippen LogP contribution is 2.47. The van der Waals surface area contributed by atoms with Gasteiger partial charge in [0.1, 0.15) is 5.75 Å². The minimum atomic E-state index is -4.39. The van der Waals surface area contributed by atoms with Gasteiger partial charge in [0.15, 0.2) is 0 Å². The molecule has 0 saturated carbocycles. The Labute approximate surface area is 224 Å². The highest BCUT2D eigenvalue weighted by atomic mass is 19.4. The molecule has 0 bridgehead atoms. The van der Waals surface area contributed by atoms with E-state index in [0.29, 0.717) is 11.5 Å². The van der Waals surface area contributed by atoms with E-state index in [0.717, 1.165) is 35.8 Å². The number of hydrogen-bond donors (Lipinski definition) is 0. The van der Waals surface area contributed by atoms with Crippen molar-refractivity contribution in [1.82, 2.24) is 0 Å². The van der Waals surface area contributed by atoms with Gasteiger partial charge in [-0.15, -0.1) is 0 Å². The summed E-state index contributed by atoms with van der Waals surface area (Å²) < 4.78 is 46.8. The summed E-state index contributed by atoms with van der Waals surface area (Å²) in [6.45, 7) is 4.36. The van der Waals surface area contributed by atoms with Gasteiger partial charge in [0.05, 0.1) is 12.7 Å². The summed E-state index contributed by atoms with van der Waals surface area (Å²) in [6, 6.07) is 34.4. The molecule has 0 heterocycles. The maximum atomic E-state index is 13.8. The quantitative estimate of drug-likeness (QED) is 0.204. The van der Waals surface area contributed by atoms with Gasteiger partial charge in [0.25, 0.3) is 0 Å². The molecule has 4 unspecified atom stereocenters. The van der Waals surface area contributed by atoms with Crippen LogP contribution in [0.1, 0.15) is 78.2 Å². The maximum Gasteiger partial charge on any atom is 0.416 e. The Morgan fingerprint density at radius 3 is 1.79 bits per heavy atom. The Bertz CT molecular complexity index is 1270. The first-order valence-corrected chi connectivity index (χ1v) is 13.2. The molecule has 0 aliphatic heterocycles. The Morgan fingerprint density at radius 2 is 1.21 bits per heavy atom. The van der Waals surface area contributed by atoms with Crippen LogP contribution in [0, 0.1) is 0 Å². The summed E-state index contributed by atoms with van der Waals surface area (Å²) in [6.07, 6.45) is -2.65. The molecule has 0 aliphatic rings. The third kappa shape index (κ3) is 6.66. The van der Waals surface area contributed by atoms with E-state index in [-0.39, 0.29) is 17.8 Å². The normalized spacial score (nSPS) is 14.9. The predicted molar refractivity (Wildman–Crippen MR) is 149 cm³/mol. The van der Waals surface area contributed by atoms with E-state index in [1.165, 1.54) is 11.6 Å². The van der Waals surface area contributed by atoms with Crippen molar-refractivity contribution < 1.29 is 17.9 Å². The molecule has 0 spiro atoms. The lowest BCUT2D eigenvalue weighted by Crippen LogP contribution is -2.19. The van der Waals surface area contributed by atoms with Crippen LogP contribution in [-0.4, -0.2) is 7.11 Å². The fraction of sp³-hybridized carbons (Fsp3) is 0.294. The largest absolute Gasteiger partial charge is 0.497 e. The van der Waals surface area contributed by atoms with Crippen molar-refractivity contribution in [3.63, 3.8) is 0 Å². The summed E-state index contributed by atoms with van der Waals surface area (Å²) in [4.78, 5) is 0. The molecular formula is C34H35F3O. The SMILES string of the molecule is COc1ccc(C(CCC(C)c2ccccc2)C(c2cccc(C(F)(F)F)c2)C(C)c2ccccc2)cc1. The standard InChI is InChI=1S/C34H35F3O/c1-24(26-11-6-4-7-12-26)17-22-32(28-18-20-31(38-3)21-19-28)33(25(2)27-13-8-5-9-14-27)29-15-10-16-30(23-29)34(35,36)37/h4-16,18-21,23-25,32-33H,17,22H2,1-3H3. The predicted octanol–water partition coefficient (Wildman–Crippen LogP) is 9.97. The zero-order chi connectivity index (χ0) is 27.1. The second kappa shape index (κ2) is 12.3. The van der Waals surface area contributed by atoms with Crippen LogP contribution in [0.2, 0.25) is 0 Å². The van der Waals surface area contributed by atoms with Gasteiger partial charge in [-0.25, -0.2) is 0 Å². The van der Waals surface area contributed by atoms with Crippen molar-refractivity contribution in [2.45, 2.75) is 56.5 Å². The van der Waals surface area contributed by atoms with Crippen LogP contribution in [0.15, 0.2) is 109 Å². The first-order chi connectivity index (χ1) is 18.3. The molecule has 4 aromatic carbocycles. The van der Waals surface area contributed by atoms with Gasteiger partial charge in [-0.2, -0.15) is 13.2 Å². The van der Waals surface area contributed by atoms with Crippen LogP contribution in [0.25, 0.3) is 0 Å². The number of halogens is 3. The summed E-state index contributed by atoms with van der Waals surface area (Å²) in [5.74, 6) is 0.934. The summed E-state index contributed by atoms with van der Waals surface area (Å²) in [5, 5.41) is 0. The van der Waals surface area contributed by atoms with Gasteiger partial charge in [0.2, 0.25) is 0 Å². The van der Waals surface area contributed by atoms with Gasteiger partial charge in [-0.05, 0) is 77.0 Å². The summed E-state index contributed by atoms with van der Waals surface area (Å²) in [5.41, 5.74) is 3.60. The molecule has 1 nitrogen and oxygen atoms in total. The molecule has 0 N–H and O–H groups in total. The van der Waals surface area contributed by atoms with Gasteiger partial charge >= 0.3 is 6.18 Å². The molecule has 198 valence electrons. The number of alkyl halides is 3. The average Bonchev–Trinajstić information content (AvgIpc) is 2.95. The molecule has 4 aromatic rings. The molecule has 4 rings (SSSR count). The van der Waals surface area contributed by atoms with E-state index in [9.17, 15) is 13.2 Å². The average molecular weight is 517 g/mol. The highest BCUT2D eigenvalue weighted by molar-refractivity contribution is 5.38. The van der Waals surface area contributed by atoms with E-state index in [1.807, 2.05) is 42.5 Å². The molecule has 0 aliphatic carbocycles. The third-order valence-corrected chi connectivity index (χ3v) is 7.72. The zero-order valence-electron chi connectivity index (χ0n) is 22.2. The van der Waals surface area contributed by atoms with E-state index in [1.54, 1.807) is 13.2 Å². The van der Waals surface area contributed by atoms with Crippen molar-refractivity contribution >= 4 is 0 Å². The number of benzene rings is 4. The van der Waals surface area contributed by atoms with Crippen LogP contribution in [-0.2, 0) is 6.18 Å². The van der Waals surface area contributed by atoms with E-state index in [4.69, 9.17) is 4.74 Å². The van der Waals surface area contributed by atoms with Crippen molar-refractivity contribution in [3.05, 3.63) is 137 Å². The van der Waals surface area contributed by atoms with E-state index >= 15 is 0 Å². The lowest BCUT2D eigenvalue weighted by atomic mass is 9.69. The summed E-state index contributed by atoms with van der Waals surface area (Å²) >= 11 is 0. The molecule has 38 heavy (non-hydrogen) atoms. The topological polar surface area (TPSA) is 9.23 Å². The fourth-order valence-corrected chi connectivity index (χ4v) is 5.54. The van der Waals surface area contributed by atoms with Crippen molar-refractivity contribution in [2.24, 2.45) is 0 Å². The lowest BCUT2D eigenvalue weighted by Gasteiger charge is -2.34. The first kappa shape index (κ1) is 27.5. The number of rotatable bonds is 10. The Hall–Kier alpha value is -3.53. The fourth-order valence-electron chi connectivity index (χ4n) is 5.54. The molecule has 0 amide bonds. The Morgan fingerprint density at radius 1 is 0.632 bits per heavy atom. The zero-order valence-corrected chi connectivity index (χ0v) is 22.2. The van der Waals surface area contributed by atoms with E-state index in [2.05, 4.69) is 62.4 Å². The van der Waals surface area contributed by atoms with Crippen molar-refractivity contribution in [2.75, 3.05) is 7.11 Å². The molecule has 0 radical (unpaired) electrons. The monoisotopic (exact) mass is 516 g/mol.